The molecule has 0 unspecified atom stereocenters. The van der Waals surface area contributed by atoms with E-state index in [0.717, 1.165) is 22.2 Å². The largest absolute Gasteiger partial charge is 0.493 e. The molecule has 0 radical (unpaired) electrons. The van der Waals surface area contributed by atoms with Crippen molar-refractivity contribution >= 4 is 37.0 Å². The quantitative estimate of drug-likeness (QED) is 0.251. The van der Waals surface area contributed by atoms with Gasteiger partial charge in [0, 0.05) is 37.2 Å². The second-order valence-electron chi connectivity index (χ2n) is 10.2. The summed E-state index contributed by atoms with van der Waals surface area (Å²) < 4.78 is 37.4. The molecule has 13 heteroatoms. The van der Waals surface area contributed by atoms with Crippen molar-refractivity contribution in [1.29, 1.82) is 0 Å². The van der Waals surface area contributed by atoms with E-state index < -0.39 is 15.6 Å². The van der Waals surface area contributed by atoms with Gasteiger partial charge in [0.1, 0.15) is 17.1 Å². The van der Waals surface area contributed by atoms with Crippen LogP contribution in [-0.2, 0) is 23.0 Å². The molecule has 1 fully saturated rings. The second kappa shape index (κ2) is 13.0. The van der Waals surface area contributed by atoms with Gasteiger partial charge in [-0.3, -0.25) is 14.4 Å². The molecule has 3 heterocycles. The Labute approximate surface area is 253 Å². The first kappa shape index (κ1) is 30.4. The zero-order chi connectivity index (χ0) is 29.9. The Bertz CT molecular complexity index is 1710. The summed E-state index contributed by atoms with van der Waals surface area (Å²) in [6.07, 6.45) is 1.49. The molecule has 42 heavy (non-hydrogen) atoms. The lowest BCUT2D eigenvalue weighted by molar-refractivity contribution is 0.151. The van der Waals surface area contributed by atoms with Crippen LogP contribution in [0.3, 0.4) is 0 Å². The minimum absolute atomic E-state index is 0.0354. The SMILES string of the molecule is CCCc1c2nc(-c3cc(S(=O)(=O)N4CCN(CCO)CC4)ccc3OCC)[nH]c(=O)c2nn1Cc1ccc(Br)cc1. The number of rotatable bonds is 11. The highest BCUT2D eigenvalue weighted by Gasteiger charge is 2.29. The maximum atomic E-state index is 13.6. The molecule has 1 aliphatic heterocycles. The molecule has 1 aliphatic rings. The van der Waals surface area contributed by atoms with Crippen molar-refractivity contribution in [2.75, 3.05) is 45.9 Å². The number of hydrogen-bond acceptors (Lipinski definition) is 8. The number of piperazine rings is 1. The molecular formula is C29H35BrN6O5S. The third kappa shape index (κ3) is 6.30. The number of aromatic nitrogens is 4. The van der Waals surface area contributed by atoms with Gasteiger partial charge >= 0.3 is 0 Å². The number of aliphatic hydroxyl groups is 1. The van der Waals surface area contributed by atoms with Gasteiger partial charge in [0.25, 0.3) is 5.56 Å². The number of nitrogens with zero attached hydrogens (tertiary/aromatic N) is 5. The Morgan fingerprint density at radius 3 is 2.45 bits per heavy atom. The number of nitrogens with one attached hydrogen (secondary N) is 1. The van der Waals surface area contributed by atoms with Crippen molar-refractivity contribution in [2.45, 2.75) is 38.1 Å². The van der Waals surface area contributed by atoms with Crippen molar-refractivity contribution in [3.63, 3.8) is 0 Å². The van der Waals surface area contributed by atoms with Crippen molar-refractivity contribution in [1.82, 2.24) is 29.0 Å². The lowest BCUT2D eigenvalue weighted by Crippen LogP contribution is -2.49. The van der Waals surface area contributed by atoms with Gasteiger partial charge in [0.05, 0.1) is 35.9 Å². The number of sulfonamides is 1. The van der Waals surface area contributed by atoms with Crippen molar-refractivity contribution in [3.05, 3.63) is 68.5 Å². The number of aromatic amines is 1. The van der Waals surface area contributed by atoms with Gasteiger partial charge < -0.3 is 14.8 Å². The molecule has 0 bridgehead atoms. The summed E-state index contributed by atoms with van der Waals surface area (Å²) in [5.41, 5.74) is 2.58. The maximum absolute atomic E-state index is 13.6. The standard InChI is InChI=1S/C29H35BrN6O5S/c1-3-5-24-26-27(33-36(24)19-20-6-8-21(30)9-7-20)29(38)32-28(31-26)23-18-22(10-11-25(23)41-4-2)42(39,40)35-14-12-34(13-15-35)16-17-37/h6-11,18,37H,3-5,12-17,19H2,1-2H3,(H,31,32,38). The van der Waals surface area contributed by atoms with Crippen molar-refractivity contribution < 1.29 is 18.3 Å². The van der Waals surface area contributed by atoms with Crippen LogP contribution in [-0.4, -0.2) is 88.4 Å². The van der Waals surface area contributed by atoms with E-state index in [1.54, 1.807) is 6.07 Å². The minimum Gasteiger partial charge on any atom is -0.493 e. The zero-order valence-corrected chi connectivity index (χ0v) is 26.1. The van der Waals surface area contributed by atoms with Crippen LogP contribution in [0.2, 0.25) is 0 Å². The van der Waals surface area contributed by atoms with Crippen molar-refractivity contribution in [2.24, 2.45) is 0 Å². The third-order valence-electron chi connectivity index (χ3n) is 7.32. The number of benzene rings is 2. The van der Waals surface area contributed by atoms with E-state index >= 15 is 0 Å². The molecule has 2 aromatic heterocycles. The van der Waals surface area contributed by atoms with Crippen molar-refractivity contribution in [3.8, 4) is 17.1 Å². The van der Waals surface area contributed by atoms with Gasteiger partial charge in [0.15, 0.2) is 5.52 Å². The highest BCUT2D eigenvalue weighted by Crippen LogP contribution is 2.32. The van der Waals surface area contributed by atoms with E-state index in [4.69, 9.17) is 9.72 Å². The Hall–Kier alpha value is -3.10. The fourth-order valence-corrected chi connectivity index (χ4v) is 6.90. The number of H-pyrrole nitrogens is 1. The lowest BCUT2D eigenvalue weighted by atomic mass is 10.1. The van der Waals surface area contributed by atoms with E-state index in [0.29, 0.717) is 69.1 Å². The van der Waals surface area contributed by atoms with E-state index in [-0.39, 0.29) is 22.8 Å². The summed E-state index contributed by atoms with van der Waals surface area (Å²) in [7, 11) is -3.82. The van der Waals surface area contributed by atoms with Gasteiger partial charge in [-0.1, -0.05) is 41.4 Å². The van der Waals surface area contributed by atoms with E-state index in [9.17, 15) is 18.3 Å². The predicted octanol–water partition coefficient (Wildman–Crippen LogP) is 3.25. The summed E-state index contributed by atoms with van der Waals surface area (Å²) in [6, 6.07) is 12.6. The summed E-state index contributed by atoms with van der Waals surface area (Å²) in [5, 5.41) is 13.8. The van der Waals surface area contributed by atoms with Crippen LogP contribution in [0.25, 0.3) is 22.4 Å². The summed E-state index contributed by atoms with van der Waals surface area (Å²) in [5.74, 6) is 0.646. The number of ether oxygens (including phenoxy) is 1. The molecule has 0 atom stereocenters. The maximum Gasteiger partial charge on any atom is 0.279 e. The Kier molecular flexibility index (Phi) is 9.43. The smallest absolute Gasteiger partial charge is 0.279 e. The topological polar surface area (TPSA) is 134 Å². The molecule has 2 aromatic carbocycles. The molecule has 11 nitrogen and oxygen atoms in total. The van der Waals surface area contributed by atoms with E-state index in [1.165, 1.54) is 16.4 Å². The van der Waals surface area contributed by atoms with Crippen LogP contribution in [0, 0.1) is 0 Å². The van der Waals surface area contributed by atoms with E-state index in [1.807, 2.05) is 40.8 Å². The number of aliphatic hydroxyl groups excluding tert-OH is 1. The number of aryl methyl sites for hydroxylation is 1. The summed E-state index contributed by atoms with van der Waals surface area (Å²) >= 11 is 3.46. The van der Waals surface area contributed by atoms with Crippen LogP contribution >= 0.6 is 15.9 Å². The van der Waals surface area contributed by atoms with Gasteiger partial charge in [-0.05, 0) is 49.2 Å². The average Bonchev–Trinajstić information content (AvgIpc) is 3.32. The first-order valence-electron chi connectivity index (χ1n) is 14.1. The monoisotopic (exact) mass is 658 g/mol. The zero-order valence-electron chi connectivity index (χ0n) is 23.7. The van der Waals surface area contributed by atoms with Gasteiger partial charge in [-0.2, -0.15) is 9.40 Å². The molecule has 2 N–H and O–H groups in total. The molecule has 224 valence electrons. The van der Waals surface area contributed by atoms with Crippen LogP contribution in [0.4, 0.5) is 0 Å². The van der Waals surface area contributed by atoms with Crippen LogP contribution in [0.1, 0.15) is 31.5 Å². The highest BCUT2D eigenvalue weighted by molar-refractivity contribution is 9.10. The Morgan fingerprint density at radius 1 is 1.05 bits per heavy atom. The predicted molar refractivity (Wildman–Crippen MR) is 164 cm³/mol. The summed E-state index contributed by atoms with van der Waals surface area (Å²) in [6.45, 7) is 7.01. The molecule has 0 saturated carbocycles. The molecular weight excluding hydrogens is 624 g/mol. The molecule has 0 spiro atoms. The number of halogens is 1. The fraction of sp³-hybridized carbons (Fsp3) is 0.414. The number of hydrogen-bond donors (Lipinski definition) is 2. The van der Waals surface area contributed by atoms with E-state index in [2.05, 4.69) is 32.9 Å². The average molecular weight is 660 g/mol. The molecule has 0 aliphatic carbocycles. The second-order valence-corrected chi connectivity index (χ2v) is 13.0. The van der Waals surface area contributed by atoms with Gasteiger partial charge in [-0.15, -0.1) is 0 Å². The third-order valence-corrected chi connectivity index (χ3v) is 9.75. The fourth-order valence-electron chi connectivity index (χ4n) is 5.19. The Balaban J connectivity index is 1.56. The molecule has 5 rings (SSSR count). The number of β-amino-alcohol motifs (C(OH)–C–C–N with tert-alkyl or cyclic N) is 1. The number of fused-ring (bicyclic) bond motifs is 1. The first-order chi connectivity index (χ1) is 20.2. The summed E-state index contributed by atoms with van der Waals surface area (Å²) in [4.78, 5) is 23.2. The highest BCUT2D eigenvalue weighted by atomic mass is 79.9. The Morgan fingerprint density at radius 2 is 1.79 bits per heavy atom. The minimum atomic E-state index is -3.82. The van der Waals surface area contributed by atoms with Crippen LogP contribution < -0.4 is 10.3 Å². The molecule has 1 saturated heterocycles. The molecule has 0 amide bonds. The van der Waals surface area contributed by atoms with Crippen LogP contribution in [0.15, 0.2) is 56.6 Å². The van der Waals surface area contributed by atoms with Gasteiger partial charge in [0.2, 0.25) is 10.0 Å². The first-order valence-corrected chi connectivity index (χ1v) is 16.3. The normalized spacial score (nSPS) is 15.0. The lowest BCUT2D eigenvalue weighted by Gasteiger charge is -2.33. The van der Waals surface area contributed by atoms with Gasteiger partial charge in [-0.25, -0.2) is 13.4 Å². The van der Waals surface area contributed by atoms with Crippen LogP contribution in [0.5, 0.6) is 5.75 Å². The molecule has 4 aromatic rings.